The summed E-state index contributed by atoms with van der Waals surface area (Å²) in [6.07, 6.45) is 2.28. The third-order valence-electron chi connectivity index (χ3n) is 4.80. The van der Waals surface area contributed by atoms with E-state index < -0.39 is 0 Å². The fraction of sp³-hybridized carbons (Fsp3) is 0.444. The molecule has 0 radical (unpaired) electrons. The minimum atomic E-state index is -0.0433. The van der Waals surface area contributed by atoms with Gasteiger partial charge in [0, 0.05) is 43.9 Å². The molecule has 0 N–H and O–H groups in total. The van der Waals surface area contributed by atoms with Gasteiger partial charge in [-0.25, -0.2) is 0 Å². The molecule has 1 fully saturated rings. The van der Waals surface area contributed by atoms with E-state index in [4.69, 9.17) is 4.52 Å². The molecule has 2 aliphatic rings. The Balaban J connectivity index is 1.62. The van der Waals surface area contributed by atoms with Crippen molar-refractivity contribution in [3.05, 3.63) is 47.3 Å². The normalized spacial score (nSPS) is 21.0. The topological polar surface area (TPSA) is 49.6 Å². The first-order valence-corrected chi connectivity index (χ1v) is 8.20. The van der Waals surface area contributed by atoms with Gasteiger partial charge in [-0.2, -0.15) is 0 Å². The molecule has 1 aliphatic carbocycles. The van der Waals surface area contributed by atoms with Crippen molar-refractivity contribution in [3.63, 3.8) is 0 Å². The fourth-order valence-corrected chi connectivity index (χ4v) is 3.32. The Morgan fingerprint density at radius 2 is 2.09 bits per heavy atom. The molecule has 0 bridgehead atoms. The van der Waals surface area contributed by atoms with E-state index in [1.807, 2.05) is 23.1 Å². The van der Waals surface area contributed by atoms with Gasteiger partial charge in [0.2, 0.25) is 0 Å². The number of likely N-dealkylation sites (N-methyl/N-ethyl adjacent to an activating group) is 1. The monoisotopic (exact) mass is 311 g/mol. The maximum absolute atomic E-state index is 12.9. The summed E-state index contributed by atoms with van der Waals surface area (Å²) in [4.78, 5) is 17.0. The van der Waals surface area contributed by atoms with Gasteiger partial charge in [-0.15, -0.1) is 0 Å². The number of para-hydroxylation sites is 1. The molecule has 0 spiro atoms. The second kappa shape index (κ2) is 5.41. The predicted molar refractivity (Wildman–Crippen MR) is 87.5 cm³/mol. The van der Waals surface area contributed by atoms with E-state index in [-0.39, 0.29) is 11.9 Å². The molecule has 1 atom stereocenters. The highest BCUT2D eigenvalue weighted by Crippen LogP contribution is 2.40. The first-order chi connectivity index (χ1) is 11.1. The van der Waals surface area contributed by atoms with Crippen LogP contribution in [0.4, 0.5) is 5.69 Å². The molecular formula is C18H21N3O2. The summed E-state index contributed by atoms with van der Waals surface area (Å²) in [6.45, 7) is 3.49. The smallest absolute Gasteiger partial charge is 0.276 e. The zero-order valence-electron chi connectivity index (χ0n) is 13.5. The molecule has 1 unspecified atom stereocenters. The van der Waals surface area contributed by atoms with E-state index in [0.29, 0.717) is 18.2 Å². The molecule has 1 saturated carbocycles. The lowest BCUT2D eigenvalue weighted by molar-refractivity contribution is 0.0676. The molecule has 1 aromatic carbocycles. The number of amides is 1. The van der Waals surface area contributed by atoms with Crippen molar-refractivity contribution in [2.24, 2.45) is 0 Å². The van der Waals surface area contributed by atoms with E-state index in [9.17, 15) is 4.79 Å². The van der Waals surface area contributed by atoms with Crippen molar-refractivity contribution in [2.45, 2.75) is 38.3 Å². The van der Waals surface area contributed by atoms with Gasteiger partial charge in [0.15, 0.2) is 5.69 Å². The first-order valence-electron chi connectivity index (χ1n) is 8.20. The average Bonchev–Trinajstić information content (AvgIpc) is 3.30. The number of anilines is 1. The van der Waals surface area contributed by atoms with Crippen LogP contribution < -0.4 is 4.90 Å². The minimum absolute atomic E-state index is 0.0433. The largest absolute Gasteiger partial charge is 0.372 e. The fourth-order valence-electron chi connectivity index (χ4n) is 3.32. The third-order valence-corrected chi connectivity index (χ3v) is 4.80. The second-order valence-electron chi connectivity index (χ2n) is 6.68. The highest BCUT2D eigenvalue weighted by molar-refractivity contribution is 5.92. The van der Waals surface area contributed by atoms with Gasteiger partial charge in [-0.05, 0) is 31.4 Å². The van der Waals surface area contributed by atoms with Crippen LogP contribution >= 0.6 is 0 Å². The van der Waals surface area contributed by atoms with Crippen LogP contribution in [0.5, 0.6) is 0 Å². The van der Waals surface area contributed by atoms with Crippen molar-refractivity contribution in [3.8, 4) is 0 Å². The van der Waals surface area contributed by atoms with Crippen LogP contribution in [0.25, 0.3) is 0 Å². The molecule has 4 rings (SSSR count). The van der Waals surface area contributed by atoms with E-state index >= 15 is 0 Å². The van der Waals surface area contributed by atoms with Gasteiger partial charge in [0.1, 0.15) is 5.76 Å². The summed E-state index contributed by atoms with van der Waals surface area (Å²) >= 11 is 0. The lowest BCUT2D eigenvalue weighted by atomic mass is 10.1. The first kappa shape index (κ1) is 14.3. The summed E-state index contributed by atoms with van der Waals surface area (Å²) in [5.41, 5.74) is 2.79. The Labute approximate surface area is 135 Å². The van der Waals surface area contributed by atoms with Gasteiger partial charge < -0.3 is 14.3 Å². The maximum Gasteiger partial charge on any atom is 0.276 e. The van der Waals surface area contributed by atoms with Crippen LogP contribution in [0.1, 0.15) is 47.5 Å². The lowest BCUT2D eigenvalue weighted by Crippen LogP contribution is -2.42. The molecule has 1 aliphatic heterocycles. The molecule has 1 amide bonds. The summed E-state index contributed by atoms with van der Waals surface area (Å²) in [7, 11) is 2.07. The summed E-state index contributed by atoms with van der Waals surface area (Å²) in [5.74, 6) is 1.28. The summed E-state index contributed by atoms with van der Waals surface area (Å²) in [5, 5.41) is 4.01. The highest BCUT2D eigenvalue weighted by atomic mass is 16.5. The van der Waals surface area contributed by atoms with Crippen molar-refractivity contribution in [2.75, 3.05) is 18.5 Å². The zero-order chi connectivity index (χ0) is 16.0. The molecule has 2 aromatic rings. The number of hydrogen-bond donors (Lipinski definition) is 0. The van der Waals surface area contributed by atoms with Crippen LogP contribution in [0.3, 0.4) is 0 Å². The van der Waals surface area contributed by atoms with Crippen molar-refractivity contribution in [1.82, 2.24) is 10.1 Å². The maximum atomic E-state index is 12.9. The number of carbonyl (C=O) groups is 1. The average molecular weight is 311 g/mol. The van der Waals surface area contributed by atoms with Gasteiger partial charge in [-0.3, -0.25) is 4.79 Å². The van der Waals surface area contributed by atoms with Gasteiger partial charge in [0.25, 0.3) is 5.91 Å². The SMILES string of the molecule is CC1CN(C)c2ccccc2CN1C(=O)c1cc(C2CC2)on1. The molecule has 0 saturated heterocycles. The molecular weight excluding hydrogens is 290 g/mol. The van der Waals surface area contributed by atoms with E-state index in [1.54, 1.807) is 0 Å². The molecule has 23 heavy (non-hydrogen) atoms. The number of aromatic nitrogens is 1. The number of nitrogens with zero attached hydrogens (tertiary/aromatic N) is 3. The van der Waals surface area contributed by atoms with E-state index in [1.165, 1.54) is 11.3 Å². The van der Waals surface area contributed by atoms with Crippen molar-refractivity contribution >= 4 is 11.6 Å². The second-order valence-corrected chi connectivity index (χ2v) is 6.68. The molecule has 120 valence electrons. The zero-order valence-corrected chi connectivity index (χ0v) is 13.5. The van der Waals surface area contributed by atoms with E-state index in [0.717, 1.165) is 25.1 Å². The molecule has 5 nitrogen and oxygen atoms in total. The molecule has 1 aromatic heterocycles. The van der Waals surface area contributed by atoms with Gasteiger partial charge in [-0.1, -0.05) is 23.4 Å². The van der Waals surface area contributed by atoms with Crippen molar-refractivity contribution < 1.29 is 9.32 Å². The van der Waals surface area contributed by atoms with Gasteiger partial charge in [0.05, 0.1) is 0 Å². The van der Waals surface area contributed by atoms with Gasteiger partial charge >= 0.3 is 0 Å². The van der Waals surface area contributed by atoms with Crippen LogP contribution in [0.15, 0.2) is 34.9 Å². The highest BCUT2D eigenvalue weighted by Gasteiger charge is 2.32. The number of rotatable bonds is 2. The summed E-state index contributed by atoms with van der Waals surface area (Å²) < 4.78 is 5.35. The minimum Gasteiger partial charge on any atom is -0.372 e. The van der Waals surface area contributed by atoms with Crippen LogP contribution in [-0.2, 0) is 6.54 Å². The van der Waals surface area contributed by atoms with Crippen molar-refractivity contribution in [1.29, 1.82) is 0 Å². The number of hydrogen-bond acceptors (Lipinski definition) is 4. The Morgan fingerprint density at radius 1 is 1.30 bits per heavy atom. The lowest BCUT2D eigenvalue weighted by Gasteiger charge is -2.27. The van der Waals surface area contributed by atoms with Crippen LogP contribution in [0.2, 0.25) is 0 Å². The van der Waals surface area contributed by atoms with Crippen LogP contribution in [-0.4, -0.2) is 35.6 Å². The Morgan fingerprint density at radius 3 is 2.87 bits per heavy atom. The number of carbonyl (C=O) groups excluding carboxylic acids is 1. The van der Waals surface area contributed by atoms with E-state index in [2.05, 4.69) is 36.2 Å². The standard InChI is InChI=1S/C18H21N3O2/c1-12-10-20(2)16-6-4-3-5-14(16)11-21(12)18(22)15-9-17(23-19-15)13-7-8-13/h3-6,9,12-13H,7-8,10-11H2,1-2H3. The summed E-state index contributed by atoms with van der Waals surface area (Å²) in [6, 6.07) is 10.2. The third kappa shape index (κ3) is 2.60. The predicted octanol–water partition coefficient (Wildman–Crippen LogP) is 3.03. The Hall–Kier alpha value is -2.30. The quantitative estimate of drug-likeness (QED) is 0.855. The molecule has 2 heterocycles. The number of fused-ring (bicyclic) bond motifs is 1. The Kier molecular flexibility index (Phi) is 3.36. The molecule has 5 heteroatoms. The Bertz CT molecular complexity index is 735. The number of benzene rings is 1. The van der Waals surface area contributed by atoms with Crippen LogP contribution in [0, 0.1) is 0 Å².